The van der Waals surface area contributed by atoms with Crippen LogP contribution in [0.5, 0.6) is 0 Å². The lowest BCUT2D eigenvalue weighted by atomic mass is 10.4. The molecule has 0 saturated heterocycles. The predicted molar refractivity (Wildman–Crippen MR) is 65.7 cm³/mol. The molecule has 0 unspecified atom stereocenters. The van der Waals surface area contributed by atoms with Gasteiger partial charge < -0.3 is 26.7 Å². The van der Waals surface area contributed by atoms with E-state index in [-0.39, 0.29) is 31.1 Å². The third-order valence-corrected chi connectivity index (χ3v) is 2.07. The molecule has 0 aliphatic heterocycles. The molecule has 3 amide bonds. The molecule has 6 N–H and O–H groups in total. The zero-order valence-corrected chi connectivity index (χ0v) is 9.68. The molecule has 0 atom stereocenters. The van der Waals surface area contributed by atoms with Crippen LogP contribution in [0.1, 0.15) is 0 Å². The van der Waals surface area contributed by atoms with Gasteiger partial charge in [0.05, 0.1) is 0 Å². The van der Waals surface area contributed by atoms with Crippen LogP contribution >= 0.6 is 0 Å². The fourth-order valence-electron chi connectivity index (χ4n) is 1.27. The van der Waals surface area contributed by atoms with Gasteiger partial charge in [-0.25, -0.2) is 4.79 Å². The van der Waals surface area contributed by atoms with Crippen LogP contribution in [0.15, 0.2) is 23.1 Å². The number of urea groups is 1. The van der Waals surface area contributed by atoms with Crippen LogP contribution in [-0.2, 0) is 11.3 Å². The molecule has 98 valence electrons. The molecular formula is C10H15N5O3. The van der Waals surface area contributed by atoms with Crippen molar-refractivity contribution in [1.82, 2.24) is 15.2 Å². The number of nitrogens with two attached hydrogens (primary N) is 2. The Kier molecular flexibility index (Phi) is 4.73. The van der Waals surface area contributed by atoms with Crippen LogP contribution < -0.4 is 27.7 Å². The van der Waals surface area contributed by atoms with E-state index in [0.29, 0.717) is 5.69 Å². The minimum atomic E-state index is -0.656. The average molecular weight is 253 g/mol. The van der Waals surface area contributed by atoms with Crippen molar-refractivity contribution in [1.29, 1.82) is 0 Å². The van der Waals surface area contributed by atoms with E-state index in [1.807, 2.05) is 0 Å². The van der Waals surface area contributed by atoms with Gasteiger partial charge in [-0.2, -0.15) is 0 Å². The summed E-state index contributed by atoms with van der Waals surface area (Å²) in [6.45, 7) is 0.339. The van der Waals surface area contributed by atoms with Crippen LogP contribution in [0, 0.1) is 0 Å². The largest absolute Gasteiger partial charge is 0.398 e. The van der Waals surface area contributed by atoms with Crippen molar-refractivity contribution in [2.75, 3.05) is 18.8 Å². The van der Waals surface area contributed by atoms with Gasteiger partial charge in [-0.15, -0.1) is 0 Å². The lowest BCUT2D eigenvalue weighted by Crippen LogP contribution is -2.39. The first-order valence-corrected chi connectivity index (χ1v) is 5.25. The van der Waals surface area contributed by atoms with E-state index in [1.54, 1.807) is 0 Å². The number of carbonyl (C=O) groups is 2. The summed E-state index contributed by atoms with van der Waals surface area (Å²) < 4.78 is 1.20. The van der Waals surface area contributed by atoms with Gasteiger partial charge in [-0.3, -0.25) is 9.59 Å². The molecule has 0 aliphatic rings. The highest BCUT2D eigenvalue weighted by Gasteiger charge is 2.04. The molecule has 0 radical (unpaired) electrons. The summed E-state index contributed by atoms with van der Waals surface area (Å²) in [5.74, 6) is -0.353. The van der Waals surface area contributed by atoms with Gasteiger partial charge in [0.25, 0.3) is 5.56 Å². The topological polar surface area (TPSA) is 132 Å². The maximum atomic E-state index is 11.5. The van der Waals surface area contributed by atoms with E-state index in [9.17, 15) is 14.4 Å². The van der Waals surface area contributed by atoms with Crippen LogP contribution in [0.3, 0.4) is 0 Å². The van der Waals surface area contributed by atoms with E-state index in [2.05, 4.69) is 10.6 Å². The first kappa shape index (κ1) is 13.6. The number of carbonyl (C=O) groups excluding carboxylic acids is 2. The molecule has 0 aromatic carbocycles. The van der Waals surface area contributed by atoms with Gasteiger partial charge in [0.15, 0.2) is 0 Å². The van der Waals surface area contributed by atoms with E-state index in [4.69, 9.17) is 11.5 Å². The molecule has 0 saturated carbocycles. The number of hydrogen-bond donors (Lipinski definition) is 4. The first-order valence-electron chi connectivity index (χ1n) is 5.25. The standard InChI is InChI=1S/C10H15N5O3/c11-7-1-2-9(17)15(5-7)6-8(16)13-3-4-14-10(12)18/h1-2,5H,3-4,6,11H2,(H,13,16)(H3,12,14,18). The van der Waals surface area contributed by atoms with Crippen molar-refractivity contribution >= 4 is 17.6 Å². The molecule has 8 nitrogen and oxygen atoms in total. The Balaban J connectivity index is 2.42. The molecule has 1 aromatic heterocycles. The minimum absolute atomic E-state index is 0.125. The second-order valence-corrected chi connectivity index (χ2v) is 3.57. The molecule has 0 spiro atoms. The summed E-state index contributed by atoms with van der Waals surface area (Å²) in [4.78, 5) is 33.2. The molecule has 1 aromatic rings. The first-order chi connectivity index (χ1) is 8.49. The summed E-state index contributed by atoms with van der Waals surface area (Å²) in [7, 11) is 0. The number of aromatic nitrogens is 1. The minimum Gasteiger partial charge on any atom is -0.398 e. The predicted octanol–water partition coefficient (Wildman–Crippen LogP) is -1.78. The second-order valence-electron chi connectivity index (χ2n) is 3.57. The molecule has 8 heteroatoms. The molecule has 1 rings (SSSR count). The Hall–Kier alpha value is -2.51. The van der Waals surface area contributed by atoms with E-state index >= 15 is 0 Å². The van der Waals surface area contributed by atoms with Crippen LogP contribution in [0.2, 0.25) is 0 Å². The summed E-state index contributed by atoms with van der Waals surface area (Å²) in [6.07, 6.45) is 1.39. The van der Waals surface area contributed by atoms with E-state index in [0.717, 1.165) is 0 Å². The fraction of sp³-hybridized carbons (Fsp3) is 0.300. The monoisotopic (exact) mass is 253 g/mol. The highest BCUT2D eigenvalue weighted by atomic mass is 16.2. The third kappa shape index (κ3) is 4.56. The zero-order valence-electron chi connectivity index (χ0n) is 9.68. The van der Waals surface area contributed by atoms with Crippen molar-refractivity contribution in [2.45, 2.75) is 6.54 Å². The SMILES string of the molecule is NC(=O)NCCNC(=O)Cn1cc(N)ccc1=O. The third-order valence-electron chi connectivity index (χ3n) is 2.07. The zero-order chi connectivity index (χ0) is 13.5. The summed E-state index contributed by atoms with van der Waals surface area (Å²) in [6, 6.07) is 2.10. The van der Waals surface area contributed by atoms with Gasteiger partial charge in [-0.1, -0.05) is 0 Å². The highest BCUT2D eigenvalue weighted by Crippen LogP contribution is 1.95. The van der Waals surface area contributed by atoms with Crippen molar-refractivity contribution in [3.63, 3.8) is 0 Å². The van der Waals surface area contributed by atoms with Crippen molar-refractivity contribution in [3.8, 4) is 0 Å². The Morgan fingerprint density at radius 2 is 1.89 bits per heavy atom. The molecular weight excluding hydrogens is 238 g/mol. The summed E-state index contributed by atoms with van der Waals surface area (Å²) in [5, 5.41) is 4.84. The van der Waals surface area contributed by atoms with Crippen molar-refractivity contribution in [2.24, 2.45) is 5.73 Å². The molecule has 18 heavy (non-hydrogen) atoms. The van der Waals surface area contributed by atoms with Gasteiger partial charge in [0, 0.05) is 31.0 Å². The number of rotatable bonds is 5. The Morgan fingerprint density at radius 3 is 2.56 bits per heavy atom. The number of pyridine rings is 1. The smallest absolute Gasteiger partial charge is 0.312 e. The Bertz CT molecular complexity index is 497. The van der Waals surface area contributed by atoms with Gasteiger partial charge >= 0.3 is 6.03 Å². The normalized spacial score (nSPS) is 9.78. The lowest BCUT2D eigenvalue weighted by Gasteiger charge is -2.07. The quantitative estimate of drug-likeness (QED) is 0.461. The van der Waals surface area contributed by atoms with Crippen LogP contribution in [-0.4, -0.2) is 29.6 Å². The maximum Gasteiger partial charge on any atom is 0.312 e. The highest BCUT2D eigenvalue weighted by molar-refractivity contribution is 5.76. The fourth-order valence-corrected chi connectivity index (χ4v) is 1.27. The van der Waals surface area contributed by atoms with E-state index < -0.39 is 6.03 Å². The number of nitrogens with one attached hydrogen (secondary N) is 2. The number of anilines is 1. The second kappa shape index (κ2) is 6.28. The molecule has 0 aliphatic carbocycles. The Morgan fingerprint density at radius 1 is 1.22 bits per heavy atom. The average Bonchev–Trinajstić information content (AvgIpc) is 2.29. The van der Waals surface area contributed by atoms with Crippen molar-refractivity contribution in [3.05, 3.63) is 28.7 Å². The number of primary amides is 1. The van der Waals surface area contributed by atoms with Gasteiger partial charge in [0.2, 0.25) is 5.91 Å². The molecule has 0 fully saturated rings. The number of nitrogen functional groups attached to an aromatic ring is 1. The Labute approximate surface area is 103 Å². The molecule has 0 bridgehead atoms. The van der Waals surface area contributed by atoms with Crippen LogP contribution in [0.4, 0.5) is 10.5 Å². The van der Waals surface area contributed by atoms with Crippen LogP contribution in [0.25, 0.3) is 0 Å². The number of hydrogen-bond acceptors (Lipinski definition) is 4. The van der Waals surface area contributed by atoms with Gasteiger partial charge in [0.1, 0.15) is 6.54 Å². The number of nitrogens with zero attached hydrogens (tertiary/aromatic N) is 1. The summed E-state index contributed by atoms with van der Waals surface area (Å²) >= 11 is 0. The molecule has 1 heterocycles. The number of amides is 3. The van der Waals surface area contributed by atoms with Crippen molar-refractivity contribution < 1.29 is 9.59 Å². The van der Waals surface area contributed by atoms with Gasteiger partial charge in [-0.05, 0) is 6.07 Å². The van der Waals surface area contributed by atoms with E-state index in [1.165, 1.54) is 22.9 Å². The lowest BCUT2D eigenvalue weighted by molar-refractivity contribution is -0.121. The maximum absolute atomic E-state index is 11.5. The summed E-state index contributed by atoms with van der Waals surface area (Å²) in [5.41, 5.74) is 10.4.